The summed E-state index contributed by atoms with van der Waals surface area (Å²) in [6.45, 7) is 1.78. The fraction of sp³-hybridized carbons (Fsp3) is 0.222. The highest BCUT2D eigenvalue weighted by Gasteiger charge is 2.34. The molecule has 0 radical (unpaired) electrons. The zero-order valence-corrected chi connectivity index (χ0v) is 13.7. The van der Waals surface area contributed by atoms with Gasteiger partial charge in [-0.25, -0.2) is 4.79 Å². The number of aromatic nitrogens is 1. The number of carbonyl (C=O) groups is 1. The van der Waals surface area contributed by atoms with Crippen molar-refractivity contribution in [1.82, 2.24) is 4.57 Å². The van der Waals surface area contributed by atoms with E-state index in [1.165, 1.54) is 4.57 Å². The summed E-state index contributed by atoms with van der Waals surface area (Å²) in [4.78, 5) is 24.1. The molecular weight excluding hydrogens is 324 g/mol. The van der Waals surface area contributed by atoms with Crippen LogP contribution in [-0.2, 0) is 11.8 Å². The van der Waals surface area contributed by atoms with Gasteiger partial charge in [-0.15, -0.1) is 0 Å². The second kappa shape index (κ2) is 5.70. The van der Waals surface area contributed by atoms with E-state index >= 15 is 0 Å². The van der Waals surface area contributed by atoms with Crippen molar-refractivity contribution in [2.45, 2.75) is 19.1 Å². The molecule has 0 saturated carbocycles. The van der Waals surface area contributed by atoms with Crippen LogP contribution in [0.2, 0.25) is 0 Å². The lowest BCUT2D eigenvalue weighted by molar-refractivity contribution is -0.128. The molecule has 7 heteroatoms. The molecule has 1 amide bonds. The minimum Gasteiger partial charge on any atom is -0.482 e. The number of amides is 1. The summed E-state index contributed by atoms with van der Waals surface area (Å²) in [5.41, 5.74) is 1.58. The first-order valence-electron chi connectivity index (χ1n) is 7.86. The number of oxazole rings is 1. The number of nitrogens with one attached hydrogen (secondary N) is 1. The molecular formula is C18H16N2O5. The van der Waals surface area contributed by atoms with Gasteiger partial charge in [0.2, 0.25) is 6.10 Å². The topological polar surface area (TPSA) is 82.7 Å². The van der Waals surface area contributed by atoms with Crippen LogP contribution in [0.5, 0.6) is 11.5 Å². The molecule has 0 fully saturated rings. The number of anilines is 1. The van der Waals surface area contributed by atoms with Gasteiger partial charge in [-0.05, 0) is 31.2 Å². The van der Waals surface area contributed by atoms with Gasteiger partial charge in [0.25, 0.3) is 5.91 Å². The second-order valence-electron chi connectivity index (χ2n) is 5.91. The quantitative estimate of drug-likeness (QED) is 0.774. The highest BCUT2D eigenvalue weighted by Crippen LogP contribution is 2.33. The first-order valence-corrected chi connectivity index (χ1v) is 7.86. The van der Waals surface area contributed by atoms with Gasteiger partial charge in [-0.2, -0.15) is 0 Å². The third-order valence-electron chi connectivity index (χ3n) is 4.16. The number of hydrogen-bond acceptors (Lipinski definition) is 5. The number of rotatable bonds is 2. The van der Waals surface area contributed by atoms with E-state index in [1.54, 1.807) is 44.3 Å². The van der Waals surface area contributed by atoms with Crippen molar-refractivity contribution in [2.24, 2.45) is 7.05 Å². The number of benzene rings is 2. The Kier molecular flexibility index (Phi) is 3.49. The van der Waals surface area contributed by atoms with Gasteiger partial charge in [-0.1, -0.05) is 12.1 Å². The van der Waals surface area contributed by atoms with E-state index in [-0.39, 0.29) is 5.91 Å². The summed E-state index contributed by atoms with van der Waals surface area (Å²) >= 11 is 0. The van der Waals surface area contributed by atoms with Crippen molar-refractivity contribution < 1.29 is 18.7 Å². The van der Waals surface area contributed by atoms with E-state index in [1.807, 2.05) is 12.1 Å². The molecule has 7 nitrogen and oxygen atoms in total. The molecule has 3 aromatic rings. The first kappa shape index (κ1) is 15.3. The van der Waals surface area contributed by atoms with Crippen molar-refractivity contribution >= 4 is 22.7 Å². The molecule has 1 aliphatic heterocycles. The van der Waals surface area contributed by atoms with E-state index in [4.69, 9.17) is 13.9 Å². The Hall–Kier alpha value is -3.22. The van der Waals surface area contributed by atoms with E-state index in [0.717, 1.165) is 0 Å². The molecule has 0 saturated heterocycles. The maximum absolute atomic E-state index is 12.6. The van der Waals surface area contributed by atoms with Gasteiger partial charge in [0.1, 0.15) is 6.10 Å². The molecule has 1 N–H and O–H groups in total. The molecule has 128 valence electrons. The van der Waals surface area contributed by atoms with Gasteiger partial charge in [0.15, 0.2) is 17.1 Å². The summed E-state index contributed by atoms with van der Waals surface area (Å²) in [6.07, 6.45) is -1.22. The molecule has 2 atom stereocenters. The van der Waals surface area contributed by atoms with Crippen molar-refractivity contribution in [3.05, 3.63) is 53.0 Å². The highest BCUT2D eigenvalue weighted by atomic mass is 16.6. The van der Waals surface area contributed by atoms with Crippen LogP contribution >= 0.6 is 0 Å². The Labute approximate surface area is 142 Å². The highest BCUT2D eigenvalue weighted by molar-refractivity contribution is 5.96. The molecule has 1 aliphatic rings. The molecule has 1 aromatic heterocycles. The number of nitrogens with zero attached hydrogens (tertiary/aromatic N) is 1. The van der Waals surface area contributed by atoms with Gasteiger partial charge in [0.05, 0.1) is 5.52 Å². The lowest BCUT2D eigenvalue weighted by atomic mass is 10.1. The molecule has 25 heavy (non-hydrogen) atoms. The molecule has 4 rings (SSSR count). The molecule has 0 unspecified atom stereocenters. The number of para-hydroxylation sites is 2. The average Bonchev–Trinajstić information content (AvgIpc) is 2.88. The van der Waals surface area contributed by atoms with Crippen LogP contribution in [0.1, 0.15) is 6.92 Å². The average molecular weight is 340 g/mol. The van der Waals surface area contributed by atoms with E-state index in [0.29, 0.717) is 28.3 Å². The van der Waals surface area contributed by atoms with Gasteiger partial charge >= 0.3 is 5.76 Å². The molecule has 2 aromatic carbocycles. The Bertz CT molecular complexity index is 1020. The van der Waals surface area contributed by atoms with Crippen LogP contribution in [0.3, 0.4) is 0 Å². The monoisotopic (exact) mass is 340 g/mol. The summed E-state index contributed by atoms with van der Waals surface area (Å²) in [7, 11) is 1.62. The van der Waals surface area contributed by atoms with E-state index in [2.05, 4.69) is 5.32 Å². The maximum Gasteiger partial charge on any atom is 0.419 e. The summed E-state index contributed by atoms with van der Waals surface area (Å²) < 4.78 is 18.1. The fourth-order valence-electron chi connectivity index (χ4n) is 2.83. The van der Waals surface area contributed by atoms with Crippen molar-refractivity contribution in [3.63, 3.8) is 0 Å². The molecule has 2 heterocycles. The Morgan fingerprint density at radius 1 is 1.12 bits per heavy atom. The smallest absolute Gasteiger partial charge is 0.419 e. The van der Waals surface area contributed by atoms with E-state index in [9.17, 15) is 9.59 Å². The first-order chi connectivity index (χ1) is 12.0. The van der Waals surface area contributed by atoms with Crippen LogP contribution in [0.15, 0.2) is 51.7 Å². The van der Waals surface area contributed by atoms with Crippen LogP contribution in [0.4, 0.5) is 5.69 Å². The summed E-state index contributed by atoms with van der Waals surface area (Å²) in [5.74, 6) is 0.365. The Balaban J connectivity index is 1.57. The third-order valence-corrected chi connectivity index (χ3v) is 4.16. The normalized spacial score (nSPS) is 19.0. The maximum atomic E-state index is 12.6. The number of hydrogen-bond donors (Lipinski definition) is 1. The van der Waals surface area contributed by atoms with Gasteiger partial charge in [0, 0.05) is 18.8 Å². The number of fused-ring (bicyclic) bond motifs is 2. The fourth-order valence-corrected chi connectivity index (χ4v) is 2.83. The molecule has 0 bridgehead atoms. The second-order valence-corrected chi connectivity index (χ2v) is 5.91. The Morgan fingerprint density at radius 2 is 1.84 bits per heavy atom. The predicted molar refractivity (Wildman–Crippen MR) is 91.0 cm³/mol. The van der Waals surface area contributed by atoms with Crippen LogP contribution < -0.4 is 20.5 Å². The number of ether oxygens (including phenoxy) is 2. The zero-order chi connectivity index (χ0) is 17.6. The zero-order valence-electron chi connectivity index (χ0n) is 13.7. The standard InChI is InChI=1S/C18H16N2O5/c1-10-16(24-14-6-4-3-5-13(14)23-10)17(21)19-11-7-8-12-15(9-11)25-18(22)20(12)2/h3-10,16H,1-2H3,(H,19,21)/t10-,16-/m0/s1. The number of carbonyl (C=O) groups excluding carboxylic acids is 1. The predicted octanol–water partition coefficient (Wildman–Crippen LogP) is 2.30. The molecule has 0 spiro atoms. The van der Waals surface area contributed by atoms with Crippen LogP contribution in [-0.4, -0.2) is 22.7 Å². The Morgan fingerprint density at radius 3 is 2.60 bits per heavy atom. The largest absolute Gasteiger partial charge is 0.482 e. The lowest BCUT2D eigenvalue weighted by Gasteiger charge is -2.30. The van der Waals surface area contributed by atoms with Crippen molar-refractivity contribution in [1.29, 1.82) is 0 Å². The van der Waals surface area contributed by atoms with Crippen LogP contribution in [0.25, 0.3) is 11.1 Å². The third kappa shape index (κ3) is 2.63. The summed E-state index contributed by atoms with van der Waals surface area (Å²) in [6, 6.07) is 12.2. The van der Waals surface area contributed by atoms with Crippen molar-refractivity contribution in [2.75, 3.05) is 5.32 Å². The lowest BCUT2D eigenvalue weighted by Crippen LogP contribution is -2.46. The minimum absolute atomic E-state index is 0.334. The van der Waals surface area contributed by atoms with E-state index < -0.39 is 18.0 Å². The SMILES string of the molecule is C[C@@H]1Oc2ccccc2O[C@@H]1C(=O)Nc1ccc2c(c1)oc(=O)n2C. The minimum atomic E-state index is -0.784. The number of aryl methyl sites for hydroxylation is 1. The van der Waals surface area contributed by atoms with Gasteiger partial charge in [-0.3, -0.25) is 9.36 Å². The van der Waals surface area contributed by atoms with Gasteiger partial charge < -0.3 is 19.2 Å². The molecule has 0 aliphatic carbocycles. The van der Waals surface area contributed by atoms with Crippen molar-refractivity contribution in [3.8, 4) is 11.5 Å². The summed E-state index contributed by atoms with van der Waals surface area (Å²) in [5, 5.41) is 2.78. The van der Waals surface area contributed by atoms with Crippen LogP contribution in [0, 0.1) is 0 Å².